The lowest BCUT2D eigenvalue weighted by atomic mass is 9.63. The third kappa shape index (κ3) is 1.60. The van der Waals surface area contributed by atoms with E-state index in [0.29, 0.717) is 6.42 Å². The molecule has 0 aliphatic carbocycles. The lowest BCUT2D eigenvalue weighted by Gasteiger charge is -2.61. The molecule has 4 aliphatic heterocycles. The third-order valence-electron chi connectivity index (χ3n) is 6.51. The van der Waals surface area contributed by atoms with Gasteiger partial charge in [0.1, 0.15) is 5.75 Å². The number of rotatable bonds is 1. The van der Waals surface area contributed by atoms with E-state index in [1.807, 2.05) is 13.0 Å². The highest BCUT2D eigenvalue weighted by atomic mass is 16.3. The number of allylic oxidation sites excluding steroid dienone is 1. The molecule has 5 atom stereocenters. The average Bonchev–Trinajstić information content (AvgIpc) is 2.93. The van der Waals surface area contributed by atoms with E-state index in [-0.39, 0.29) is 30.2 Å². The minimum absolute atomic E-state index is 0.135. The molecule has 3 fully saturated rings. The Morgan fingerprint density at radius 3 is 3.00 bits per heavy atom. The number of phenols is 1. The molecule has 5 heterocycles. The first-order valence-electron chi connectivity index (χ1n) is 8.66. The number of nitrogens with zero attached hydrogens (tertiary/aromatic N) is 1. The molecule has 4 bridgehead atoms. The summed E-state index contributed by atoms with van der Waals surface area (Å²) in [4.78, 5) is 5.57. The zero-order chi connectivity index (χ0) is 16.6. The number of phenolic OH excluding ortho intramolecular Hbond substituents is 1. The molecule has 0 spiro atoms. The molecule has 2 unspecified atom stereocenters. The molecule has 4 aliphatic rings. The number of benzene rings is 1. The lowest BCUT2D eigenvalue weighted by Crippen LogP contribution is -2.69. The molecule has 0 amide bonds. The smallest absolute Gasteiger partial charge is 0.160 e. The maximum atomic E-state index is 11.6. The van der Waals surface area contributed by atoms with E-state index < -0.39 is 5.72 Å². The van der Waals surface area contributed by atoms with Gasteiger partial charge in [-0.3, -0.25) is 4.90 Å². The second-order valence-corrected chi connectivity index (χ2v) is 7.45. The summed E-state index contributed by atoms with van der Waals surface area (Å²) in [5, 5.41) is 32.4. The van der Waals surface area contributed by atoms with Gasteiger partial charge in [0.25, 0.3) is 0 Å². The largest absolute Gasteiger partial charge is 0.508 e. The molecular weight excluding hydrogens is 304 g/mol. The number of aromatic amines is 1. The highest BCUT2D eigenvalue weighted by molar-refractivity contribution is 5.86. The van der Waals surface area contributed by atoms with Gasteiger partial charge in [0, 0.05) is 42.4 Å². The standard InChI is InChI=1S/C19H22N2O3/c1-2-10-8-21-17-6-13-12-5-11(23)3-4-16(12)20-18(13)19(21,24)7-14(10)15(17)9-22/h2-5,14-15,17,20,22-24H,6-9H2,1H3/t14-,15?,17+,19-/m1/s1. The fourth-order valence-electron chi connectivity index (χ4n) is 5.38. The molecular formula is C19H22N2O3. The number of aromatic hydroxyl groups is 1. The summed E-state index contributed by atoms with van der Waals surface area (Å²) < 4.78 is 0. The summed E-state index contributed by atoms with van der Waals surface area (Å²) in [6, 6.07) is 5.44. The van der Waals surface area contributed by atoms with E-state index in [0.717, 1.165) is 35.1 Å². The predicted molar refractivity (Wildman–Crippen MR) is 90.5 cm³/mol. The number of H-pyrrole nitrogens is 1. The number of piperidine rings is 3. The zero-order valence-electron chi connectivity index (χ0n) is 13.7. The van der Waals surface area contributed by atoms with E-state index >= 15 is 0 Å². The van der Waals surface area contributed by atoms with E-state index in [4.69, 9.17) is 0 Å². The molecule has 1 aromatic carbocycles. The van der Waals surface area contributed by atoms with Crippen LogP contribution in [0.3, 0.4) is 0 Å². The van der Waals surface area contributed by atoms with Gasteiger partial charge in [-0.15, -0.1) is 0 Å². The Labute approximate surface area is 140 Å². The highest BCUT2D eigenvalue weighted by Gasteiger charge is 2.59. The maximum Gasteiger partial charge on any atom is 0.160 e. The van der Waals surface area contributed by atoms with Crippen LogP contribution >= 0.6 is 0 Å². The van der Waals surface area contributed by atoms with Crippen LogP contribution in [0.5, 0.6) is 5.75 Å². The van der Waals surface area contributed by atoms with Crippen molar-refractivity contribution >= 4 is 10.9 Å². The normalized spacial score (nSPS) is 38.7. The minimum atomic E-state index is -1.00. The first-order valence-corrected chi connectivity index (χ1v) is 8.66. The molecule has 6 rings (SSSR count). The SMILES string of the molecule is CC=C1CN2[C@H]3Cc4c([nH]c5ccc(O)cc45)[C@]2(O)C[C@H]1C3CO. The van der Waals surface area contributed by atoms with Crippen molar-refractivity contribution < 1.29 is 15.3 Å². The highest BCUT2D eigenvalue weighted by Crippen LogP contribution is 2.56. The van der Waals surface area contributed by atoms with Gasteiger partial charge in [-0.1, -0.05) is 11.6 Å². The fourth-order valence-corrected chi connectivity index (χ4v) is 5.38. The van der Waals surface area contributed by atoms with Gasteiger partial charge in [0.2, 0.25) is 0 Å². The molecule has 5 nitrogen and oxygen atoms in total. The van der Waals surface area contributed by atoms with Crippen molar-refractivity contribution in [2.75, 3.05) is 13.2 Å². The summed E-state index contributed by atoms with van der Waals surface area (Å²) in [6.07, 6.45) is 3.54. The van der Waals surface area contributed by atoms with Crippen LogP contribution in [-0.4, -0.2) is 44.4 Å². The van der Waals surface area contributed by atoms with E-state index in [1.54, 1.807) is 12.1 Å². The Morgan fingerprint density at radius 1 is 1.42 bits per heavy atom. The van der Waals surface area contributed by atoms with E-state index in [9.17, 15) is 15.3 Å². The molecule has 4 N–H and O–H groups in total. The first-order chi connectivity index (χ1) is 11.6. The monoisotopic (exact) mass is 326 g/mol. The van der Waals surface area contributed by atoms with Crippen molar-refractivity contribution in [2.45, 2.75) is 31.5 Å². The summed E-state index contributed by atoms with van der Waals surface area (Å²) in [6.45, 7) is 2.95. The van der Waals surface area contributed by atoms with Crippen LogP contribution in [0.15, 0.2) is 29.8 Å². The second kappa shape index (κ2) is 4.63. The van der Waals surface area contributed by atoms with Crippen LogP contribution in [0.25, 0.3) is 10.9 Å². The number of hydrogen-bond donors (Lipinski definition) is 4. The molecule has 3 saturated heterocycles. The quantitative estimate of drug-likeness (QED) is 0.603. The van der Waals surface area contributed by atoms with Crippen molar-refractivity contribution in [1.82, 2.24) is 9.88 Å². The topological polar surface area (TPSA) is 79.7 Å². The van der Waals surface area contributed by atoms with Gasteiger partial charge >= 0.3 is 0 Å². The molecule has 126 valence electrons. The van der Waals surface area contributed by atoms with Gasteiger partial charge in [0.05, 0.1) is 5.69 Å². The van der Waals surface area contributed by atoms with Gasteiger partial charge in [0.15, 0.2) is 5.72 Å². The van der Waals surface area contributed by atoms with Gasteiger partial charge in [-0.2, -0.15) is 0 Å². The Kier molecular flexibility index (Phi) is 2.80. The van der Waals surface area contributed by atoms with Gasteiger partial charge in [-0.05, 0) is 43.0 Å². The van der Waals surface area contributed by atoms with Crippen molar-refractivity contribution in [1.29, 1.82) is 0 Å². The molecule has 0 saturated carbocycles. The summed E-state index contributed by atoms with van der Waals surface area (Å²) >= 11 is 0. The summed E-state index contributed by atoms with van der Waals surface area (Å²) in [5.41, 5.74) is 3.23. The number of aliphatic hydroxyl groups excluding tert-OH is 1. The summed E-state index contributed by atoms with van der Waals surface area (Å²) in [7, 11) is 0. The molecule has 2 aromatic rings. The Balaban J connectivity index is 1.74. The number of aromatic nitrogens is 1. The van der Waals surface area contributed by atoms with E-state index in [2.05, 4.69) is 16.0 Å². The van der Waals surface area contributed by atoms with Crippen LogP contribution in [0.2, 0.25) is 0 Å². The lowest BCUT2D eigenvalue weighted by molar-refractivity contribution is -0.221. The average molecular weight is 326 g/mol. The minimum Gasteiger partial charge on any atom is -0.508 e. The fraction of sp³-hybridized carbons (Fsp3) is 0.474. The first kappa shape index (κ1) is 14.5. The third-order valence-corrected chi connectivity index (χ3v) is 6.51. The number of hydrogen-bond acceptors (Lipinski definition) is 4. The Bertz CT molecular complexity index is 871. The summed E-state index contributed by atoms with van der Waals surface area (Å²) in [5.74, 6) is 0.623. The van der Waals surface area contributed by atoms with Gasteiger partial charge < -0.3 is 20.3 Å². The van der Waals surface area contributed by atoms with Crippen molar-refractivity contribution in [3.8, 4) is 5.75 Å². The van der Waals surface area contributed by atoms with Gasteiger partial charge in [-0.25, -0.2) is 0 Å². The second-order valence-electron chi connectivity index (χ2n) is 7.45. The van der Waals surface area contributed by atoms with Crippen LogP contribution in [-0.2, 0) is 12.1 Å². The molecule has 5 heteroatoms. The van der Waals surface area contributed by atoms with Crippen LogP contribution in [0.1, 0.15) is 24.6 Å². The Hall–Kier alpha value is -1.82. The molecule has 0 radical (unpaired) electrons. The van der Waals surface area contributed by atoms with Crippen LogP contribution in [0, 0.1) is 11.8 Å². The van der Waals surface area contributed by atoms with E-state index in [1.165, 1.54) is 5.57 Å². The number of fused-ring (bicyclic) bond motifs is 4. The van der Waals surface area contributed by atoms with Crippen LogP contribution in [0.4, 0.5) is 0 Å². The zero-order valence-corrected chi connectivity index (χ0v) is 13.7. The van der Waals surface area contributed by atoms with Crippen LogP contribution < -0.4 is 0 Å². The molecule has 1 aromatic heterocycles. The number of aliphatic hydroxyl groups is 2. The van der Waals surface area contributed by atoms with Crippen molar-refractivity contribution in [3.05, 3.63) is 41.1 Å². The van der Waals surface area contributed by atoms with Crippen molar-refractivity contribution in [2.24, 2.45) is 11.8 Å². The predicted octanol–water partition coefficient (Wildman–Crippen LogP) is 1.83. The number of nitrogens with one attached hydrogen (secondary N) is 1. The van der Waals surface area contributed by atoms with Crippen molar-refractivity contribution in [3.63, 3.8) is 0 Å². The molecule has 24 heavy (non-hydrogen) atoms. The maximum absolute atomic E-state index is 11.6. The Morgan fingerprint density at radius 2 is 2.25 bits per heavy atom.